The van der Waals surface area contributed by atoms with Crippen LogP contribution in [0.4, 0.5) is 4.79 Å². The third-order valence-electron chi connectivity index (χ3n) is 2.90. The SMILES string of the molecule is Br.CN1C(=O)NC(=O)C2C1N=C(Br)N2CCSC(=N)N. The monoisotopic (exact) mass is 428 g/mol. The Hall–Kier alpha value is -0.810. The molecule has 0 saturated carbocycles. The standard InChI is InChI=1S/C9H13BrN6O2S.BrH/c1-15-5-4(6(17)14-9(15)18)16(7(10)13-5)2-3-19-8(11)12;/h4-5H,2-3H2,1H3,(H3,11,12)(H,14,17,18);1H. The number of fused-ring (bicyclic) bond motifs is 1. The van der Waals surface area contributed by atoms with Gasteiger partial charge in [0.2, 0.25) is 0 Å². The maximum Gasteiger partial charge on any atom is 0.325 e. The number of hydrogen-bond donors (Lipinski definition) is 3. The molecular formula is C9H14Br2N6O2S. The van der Waals surface area contributed by atoms with Gasteiger partial charge in [0.05, 0.1) is 0 Å². The van der Waals surface area contributed by atoms with Gasteiger partial charge < -0.3 is 15.5 Å². The van der Waals surface area contributed by atoms with Crippen LogP contribution in [0.2, 0.25) is 0 Å². The van der Waals surface area contributed by atoms with Crippen molar-refractivity contribution in [1.29, 1.82) is 5.41 Å². The van der Waals surface area contributed by atoms with Gasteiger partial charge in [0.15, 0.2) is 22.1 Å². The van der Waals surface area contributed by atoms with Crippen molar-refractivity contribution in [3.05, 3.63) is 0 Å². The number of amidine groups is 2. The first kappa shape index (κ1) is 17.2. The Bertz CT molecular complexity index is 473. The molecule has 4 N–H and O–H groups in total. The predicted molar refractivity (Wildman–Crippen MR) is 86.6 cm³/mol. The molecule has 0 aromatic rings. The Labute approximate surface area is 138 Å². The number of carbonyl (C=O) groups is 2. The van der Waals surface area contributed by atoms with Crippen molar-refractivity contribution in [2.75, 3.05) is 19.3 Å². The third kappa shape index (κ3) is 3.26. The molecule has 11 heteroatoms. The smallest absolute Gasteiger partial charge is 0.325 e. The van der Waals surface area contributed by atoms with Gasteiger partial charge in [-0.25, -0.2) is 9.79 Å². The summed E-state index contributed by atoms with van der Waals surface area (Å²) in [5, 5.41) is 9.47. The Morgan fingerprint density at radius 2 is 2.25 bits per heavy atom. The van der Waals surface area contributed by atoms with Crippen molar-refractivity contribution < 1.29 is 9.59 Å². The zero-order chi connectivity index (χ0) is 14.2. The van der Waals surface area contributed by atoms with Gasteiger partial charge in [-0.2, -0.15) is 0 Å². The van der Waals surface area contributed by atoms with E-state index in [-0.39, 0.29) is 28.1 Å². The highest BCUT2D eigenvalue weighted by Crippen LogP contribution is 2.26. The summed E-state index contributed by atoms with van der Waals surface area (Å²) in [6.45, 7) is 0.505. The van der Waals surface area contributed by atoms with Gasteiger partial charge in [-0.1, -0.05) is 11.8 Å². The number of thioether (sulfide) groups is 1. The predicted octanol–water partition coefficient (Wildman–Crippen LogP) is 0.134. The highest BCUT2D eigenvalue weighted by Gasteiger charge is 2.47. The van der Waals surface area contributed by atoms with Gasteiger partial charge in [0.25, 0.3) is 5.91 Å². The Kier molecular flexibility index (Phi) is 5.83. The zero-order valence-corrected chi connectivity index (χ0v) is 14.6. The molecule has 0 bridgehead atoms. The van der Waals surface area contributed by atoms with Crippen molar-refractivity contribution in [1.82, 2.24) is 15.1 Å². The molecule has 2 rings (SSSR count). The van der Waals surface area contributed by atoms with E-state index >= 15 is 0 Å². The minimum atomic E-state index is -0.537. The maximum atomic E-state index is 11.9. The van der Waals surface area contributed by atoms with Crippen LogP contribution in [0.15, 0.2) is 4.99 Å². The summed E-state index contributed by atoms with van der Waals surface area (Å²) in [5.41, 5.74) is 5.26. The molecule has 0 aromatic carbocycles. The van der Waals surface area contributed by atoms with Crippen LogP contribution in [-0.4, -0.2) is 63.2 Å². The average Bonchev–Trinajstić information content (AvgIpc) is 2.64. The van der Waals surface area contributed by atoms with E-state index in [2.05, 4.69) is 26.2 Å². The third-order valence-corrected chi connectivity index (χ3v) is 4.26. The summed E-state index contributed by atoms with van der Waals surface area (Å²) in [6, 6.07) is -0.986. The number of carbonyl (C=O) groups excluding carboxylic acids is 2. The number of nitrogens with one attached hydrogen (secondary N) is 2. The Morgan fingerprint density at radius 1 is 1.60 bits per heavy atom. The molecule has 2 aliphatic rings. The number of nitrogens with two attached hydrogens (primary N) is 1. The first-order chi connectivity index (χ1) is 8.91. The number of halogens is 2. The lowest BCUT2D eigenvalue weighted by molar-refractivity contribution is -0.126. The van der Waals surface area contributed by atoms with Crippen LogP contribution in [0.3, 0.4) is 0 Å². The number of amides is 3. The molecule has 112 valence electrons. The highest BCUT2D eigenvalue weighted by atomic mass is 79.9. The Morgan fingerprint density at radius 3 is 2.85 bits per heavy atom. The van der Waals surface area contributed by atoms with Crippen molar-refractivity contribution in [3.63, 3.8) is 0 Å². The summed E-state index contributed by atoms with van der Waals surface area (Å²) in [6.07, 6.45) is -0.516. The summed E-state index contributed by atoms with van der Waals surface area (Å²) >= 11 is 4.49. The van der Waals surface area contributed by atoms with Crippen LogP contribution in [-0.2, 0) is 4.79 Å². The lowest BCUT2D eigenvalue weighted by Crippen LogP contribution is -2.63. The van der Waals surface area contributed by atoms with Gasteiger partial charge in [-0.15, -0.1) is 17.0 Å². The first-order valence-electron chi connectivity index (χ1n) is 5.46. The van der Waals surface area contributed by atoms with E-state index in [0.717, 1.165) is 0 Å². The molecule has 0 spiro atoms. The Balaban J connectivity index is 0.00000200. The van der Waals surface area contributed by atoms with Crippen molar-refractivity contribution in [2.45, 2.75) is 12.2 Å². The van der Waals surface area contributed by atoms with Crippen LogP contribution in [0.1, 0.15) is 0 Å². The van der Waals surface area contributed by atoms with E-state index in [1.165, 1.54) is 16.7 Å². The number of aliphatic imine (C=N–C) groups is 1. The van der Waals surface area contributed by atoms with Gasteiger partial charge in [0.1, 0.15) is 0 Å². The van der Waals surface area contributed by atoms with Crippen molar-refractivity contribution in [3.8, 4) is 0 Å². The normalized spacial score (nSPS) is 24.8. The number of hydrogen-bond acceptors (Lipinski definition) is 6. The lowest BCUT2D eigenvalue weighted by Gasteiger charge is -2.35. The summed E-state index contributed by atoms with van der Waals surface area (Å²) < 4.78 is 0.531. The van der Waals surface area contributed by atoms with Gasteiger partial charge in [-0.3, -0.25) is 15.5 Å². The number of likely N-dealkylation sites (N-methyl/N-ethyl adjacent to an activating group) is 1. The van der Waals surface area contributed by atoms with E-state index in [1.54, 1.807) is 11.9 Å². The van der Waals surface area contributed by atoms with E-state index in [9.17, 15) is 9.59 Å². The fourth-order valence-electron chi connectivity index (χ4n) is 1.98. The minimum Gasteiger partial charge on any atom is -0.379 e. The molecule has 2 heterocycles. The van der Waals surface area contributed by atoms with Crippen molar-refractivity contribution in [2.24, 2.45) is 10.7 Å². The molecule has 2 atom stereocenters. The molecule has 8 nitrogen and oxygen atoms in total. The van der Waals surface area contributed by atoms with E-state index in [1.807, 2.05) is 0 Å². The first-order valence-corrected chi connectivity index (χ1v) is 7.24. The lowest BCUT2D eigenvalue weighted by atomic mass is 10.1. The molecule has 2 unspecified atom stereocenters. The van der Waals surface area contributed by atoms with E-state index in [4.69, 9.17) is 11.1 Å². The zero-order valence-electron chi connectivity index (χ0n) is 10.5. The van der Waals surface area contributed by atoms with Crippen LogP contribution >= 0.6 is 44.7 Å². The number of imide groups is 1. The van der Waals surface area contributed by atoms with Gasteiger partial charge in [0, 0.05) is 19.3 Å². The van der Waals surface area contributed by atoms with E-state index < -0.39 is 18.2 Å². The molecular weight excluding hydrogens is 416 g/mol. The van der Waals surface area contributed by atoms with Crippen LogP contribution in [0.5, 0.6) is 0 Å². The average molecular weight is 430 g/mol. The maximum absolute atomic E-state index is 11.9. The molecule has 1 saturated heterocycles. The molecule has 0 aromatic heterocycles. The van der Waals surface area contributed by atoms with Crippen molar-refractivity contribution >= 4 is 66.5 Å². The second kappa shape index (κ2) is 6.76. The second-order valence-corrected chi connectivity index (χ2v) is 5.91. The molecule has 20 heavy (non-hydrogen) atoms. The summed E-state index contributed by atoms with van der Waals surface area (Å²) in [5.74, 6) is 0.202. The quantitative estimate of drug-likeness (QED) is 0.335. The topological polar surface area (TPSA) is 115 Å². The minimum absolute atomic E-state index is 0. The van der Waals surface area contributed by atoms with Crippen LogP contribution in [0, 0.1) is 5.41 Å². The van der Waals surface area contributed by atoms with E-state index in [0.29, 0.717) is 17.0 Å². The summed E-state index contributed by atoms with van der Waals surface area (Å²) in [7, 11) is 1.59. The molecule has 0 radical (unpaired) electrons. The molecule has 2 aliphatic heterocycles. The summed E-state index contributed by atoms with van der Waals surface area (Å²) in [4.78, 5) is 30.9. The van der Waals surface area contributed by atoms with Crippen LogP contribution in [0.25, 0.3) is 0 Å². The highest BCUT2D eigenvalue weighted by molar-refractivity contribution is 9.18. The second-order valence-electron chi connectivity index (χ2n) is 4.07. The number of rotatable bonds is 3. The van der Waals surface area contributed by atoms with Gasteiger partial charge in [-0.05, 0) is 15.9 Å². The number of urea groups is 1. The van der Waals surface area contributed by atoms with Gasteiger partial charge >= 0.3 is 6.03 Å². The fraction of sp³-hybridized carbons (Fsp3) is 0.556. The molecule has 3 amide bonds. The fourth-order valence-corrected chi connectivity index (χ4v) is 3.09. The van der Waals surface area contributed by atoms with Crippen LogP contribution < -0.4 is 11.1 Å². The largest absolute Gasteiger partial charge is 0.379 e. The molecule has 0 aliphatic carbocycles. The molecule has 1 fully saturated rings. The number of nitrogens with zero attached hydrogens (tertiary/aromatic N) is 3.